The number of hydrogen-bond donors (Lipinski definition) is 2. The van der Waals surface area contributed by atoms with E-state index >= 15 is 0 Å². The van der Waals surface area contributed by atoms with E-state index in [9.17, 15) is 13.2 Å². The summed E-state index contributed by atoms with van der Waals surface area (Å²) in [4.78, 5) is 8.44. The van der Waals surface area contributed by atoms with Gasteiger partial charge in [0.25, 0.3) is 0 Å². The fourth-order valence-corrected chi connectivity index (χ4v) is 2.05. The third-order valence-corrected chi connectivity index (χ3v) is 3.22. The van der Waals surface area contributed by atoms with Gasteiger partial charge in [-0.1, -0.05) is 19.8 Å². The molecule has 0 atom stereocenters. The van der Waals surface area contributed by atoms with Crippen molar-refractivity contribution in [1.82, 2.24) is 9.97 Å². The topological polar surface area (TPSA) is 49.8 Å². The first kappa shape index (κ1) is 17.1. The predicted octanol–water partition coefficient (Wildman–Crippen LogP) is 4.55. The van der Waals surface area contributed by atoms with Crippen molar-refractivity contribution in [3.8, 4) is 0 Å². The van der Waals surface area contributed by atoms with Crippen LogP contribution in [0.5, 0.6) is 0 Å². The molecule has 1 heterocycles. The highest BCUT2D eigenvalue weighted by Gasteiger charge is 2.14. The molecule has 0 aliphatic rings. The second-order valence-corrected chi connectivity index (χ2v) is 5.20. The van der Waals surface area contributed by atoms with E-state index in [1.807, 2.05) is 0 Å². The Morgan fingerprint density at radius 2 is 1.83 bits per heavy atom. The molecule has 0 amide bonds. The molecule has 1 aromatic carbocycles. The Balaban J connectivity index is 2.14. The van der Waals surface area contributed by atoms with Crippen LogP contribution in [-0.2, 0) is 0 Å². The maximum absolute atomic E-state index is 13.7. The first-order valence-corrected chi connectivity index (χ1v) is 7.51. The van der Waals surface area contributed by atoms with Crippen molar-refractivity contribution >= 4 is 17.5 Å². The summed E-state index contributed by atoms with van der Waals surface area (Å²) in [5, 5.41) is 5.74. The number of nitrogens with zero attached hydrogens (tertiary/aromatic N) is 2. The number of halogens is 3. The van der Waals surface area contributed by atoms with Gasteiger partial charge in [-0.15, -0.1) is 0 Å². The Morgan fingerprint density at radius 3 is 2.57 bits per heavy atom. The molecule has 0 radical (unpaired) electrons. The molecule has 2 N–H and O–H groups in total. The smallest absolute Gasteiger partial charge is 0.224 e. The monoisotopic (exact) mass is 324 g/mol. The van der Waals surface area contributed by atoms with Gasteiger partial charge < -0.3 is 10.6 Å². The number of nitrogens with one attached hydrogen (secondary N) is 2. The highest BCUT2D eigenvalue weighted by atomic mass is 19.2. The Morgan fingerprint density at radius 1 is 1.04 bits per heavy atom. The number of rotatable bonds is 7. The van der Waals surface area contributed by atoms with Gasteiger partial charge in [0.2, 0.25) is 5.95 Å². The third-order valence-electron chi connectivity index (χ3n) is 3.22. The molecule has 0 spiro atoms. The van der Waals surface area contributed by atoms with Gasteiger partial charge in [-0.2, -0.15) is 4.98 Å². The zero-order valence-corrected chi connectivity index (χ0v) is 13.1. The van der Waals surface area contributed by atoms with E-state index in [2.05, 4.69) is 27.5 Å². The Kier molecular flexibility index (Phi) is 5.78. The molecule has 0 saturated carbocycles. The first-order chi connectivity index (χ1) is 11.0. The Labute approximate surface area is 133 Å². The molecule has 0 aliphatic heterocycles. The molecule has 0 unspecified atom stereocenters. The number of aromatic nitrogens is 2. The molecule has 0 bridgehead atoms. The number of unbranched alkanes of at least 4 members (excludes halogenated alkanes) is 2. The van der Waals surface area contributed by atoms with Crippen LogP contribution in [0.3, 0.4) is 0 Å². The zero-order valence-electron chi connectivity index (χ0n) is 13.1. The normalized spacial score (nSPS) is 10.7. The van der Waals surface area contributed by atoms with Crippen molar-refractivity contribution in [1.29, 1.82) is 0 Å². The summed E-state index contributed by atoms with van der Waals surface area (Å²) in [6.45, 7) is 4.61. The average Bonchev–Trinajstić information content (AvgIpc) is 2.52. The van der Waals surface area contributed by atoms with Crippen LogP contribution in [0.2, 0.25) is 0 Å². The molecule has 0 saturated heterocycles. The molecule has 4 nitrogen and oxygen atoms in total. The van der Waals surface area contributed by atoms with Crippen molar-refractivity contribution in [2.75, 3.05) is 17.2 Å². The van der Waals surface area contributed by atoms with E-state index in [0.29, 0.717) is 17.5 Å². The zero-order chi connectivity index (χ0) is 16.8. The van der Waals surface area contributed by atoms with Crippen LogP contribution in [-0.4, -0.2) is 16.5 Å². The summed E-state index contributed by atoms with van der Waals surface area (Å²) in [5.74, 6) is -3.31. The maximum atomic E-state index is 13.7. The summed E-state index contributed by atoms with van der Waals surface area (Å²) < 4.78 is 39.9. The lowest BCUT2D eigenvalue weighted by Crippen LogP contribution is -2.08. The second kappa shape index (κ2) is 7.80. The quantitative estimate of drug-likeness (QED) is 0.579. The summed E-state index contributed by atoms with van der Waals surface area (Å²) >= 11 is 0. The van der Waals surface area contributed by atoms with Crippen LogP contribution < -0.4 is 10.6 Å². The minimum Gasteiger partial charge on any atom is -0.354 e. The predicted molar refractivity (Wildman–Crippen MR) is 84.4 cm³/mol. The van der Waals surface area contributed by atoms with Gasteiger partial charge in [0.15, 0.2) is 17.5 Å². The highest BCUT2D eigenvalue weighted by Crippen LogP contribution is 2.23. The largest absolute Gasteiger partial charge is 0.354 e. The van der Waals surface area contributed by atoms with Crippen molar-refractivity contribution in [2.45, 2.75) is 33.1 Å². The summed E-state index contributed by atoms with van der Waals surface area (Å²) in [7, 11) is 0. The van der Waals surface area contributed by atoms with E-state index in [1.54, 1.807) is 13.0 Å². The minimum absolute atomic E-state index is 0.182. The standard InChI is InChI=1S/C16H19F3N4/c1-3-4-5-8-20-16-21-10(2)9-13(23-16)22-12-7-6-11(17)14(18)15(12)19/h6-7,9H,3-5,8H2,1-2H3,(H2,20,21,22,23). The van der Waals surface area contributed by atoms with E-state index in [-0.39, 0.29) is 5.69 Å². The van der Waals surface area contributed by atoms with Crippen LogP contribution in [0.1, 0.15) is 31.9 Å². The molecule has 2 rings (SSSR count). The van der Waals surface area contributed by atoms with Gasteiger partial charge in [-0.05, 0) is 25.5 Å². The van der Waals surface area contributed by atoms with Crippen molar-refractivity contribution in [3.63, 3.8) is 0 Å². The SMILES string of the molecule is CCCCCNc1nc(C)cc(Nc2ccc(F)c(F)c2F)n1. The van der Waals surface area contributed by atoms with Crippen LogP contribution in [0.25, 0.3) is 0 Å². The number of hydrogen-bond acceptors (Lipinski definition) is 4. The van der Waals surface area contributed by atoms with Gasteiger partial charge in [-0.3, -0.25) is 0 Å². The molecule has 1 aromatic heterocycles. The van der Waals surface area contributed by atoms with E-state index in [0.717, 1.165) is 37.9 Å². The maximum Gasteiger partial charge on any atom is 0.224 e. The average molecular weight is 324 g/mol. The lowest BCUT2D eigenvalue weighted by molar-refractivity contribution is 0.449. The molecular formula is C16H19F3N4. The lowest BCUT2D eigenvalue weighted by atomic mass is 10.2. The number of benzene rings is 1. The summed E-state index contributed by atoms with van der Waals surface area (Å²) in [5.41, 5.74) is 0.488. The molecule has 0 aliphatic carbocycles. The minimum atomic E-state index is -1.52. The molecule has 124 valence electrons. The molecular weight excluding hydrogens is 305 g/mol. The van der Waals surface area contributed by atoms with Gasteiger partial charge in [0.05, 0.1) is 5.69 Å². The third kappa shape index (κ3) is 4.58. The molecule has 23 heavy (non-hydrogen) atoms. The first-order valence-electron chi connectivity index (χ1n) is 7.51. The van der Waals surface area contributed by atoms with Gasteiger partial charge >= 0.3 is 0 Å². The van der Waals surface area contributed by atoms with Crippen LogP contribution >= 0.6 is 0 Å². The summed E-state index contributed by atoms with van der Waals surface area (Å²) in [6.07, 6.45) is 3.21. The number of aryl methyl sites for hydroxylation is 1. The van der Waals surface area contributed by atoms with Gasteiger partial charge in [-0.25, -0.2) is 18.2 Å². The van der Waals surface area contributed by atoms with Crippen LogP contribution in [0.15, 0.2) is 18.2 Å². The highest BCUT2D eigenvalue weighted by molar-refractivity contribution is 5.58. The van der Waals surface area contributed by atoms with Crippen LogP contribution in [0.4, 0.5) is 30.6 Å². The Bertz CT molecular complexity index is 677. The van der Waals surface area contributed by atoms with Gasteiger partial charge in [0, 0.05) is 18.3 Å². The molecule has 0 fully saturated rings. The Hall–Kier alpha value is -2.31. The van der Waals surface area contributed by atoms with Gasteiger partial charge in [0.1, 0.15) is 5.82 Å². The second-order valence-electron chi connectivity index (χ2n) is 5.20. The lowest BCUT2D eigenvalue weighted by Gasteiger charge is -2.11. The van der Waals surface area contributed by atoms with Crippen molar-refractivity contribution in [3.05, 3.63) is 41.3 Å². The van der Waals surface area contributed by atoms with Crippen molar-refractivity contribution in [2.24, 2.45) is 0 Å². The molecule has 7 heteroatoms. The fourth-order valence-electron chi connectivity index (χ4n) is 2.05. The van der Waals surface area contributed by atoms with E-state index in [1.165, 1.54) is 0 Å². The fraction of sp³-hybridized carbons (Fsp3) is 0.375. The number of anilines is 3. The van der Waals surface area contributed by atoms with E-state index < -0.39 is 17.5 Å². The molecule has 2 aromatic rings. The van der Waals surface area contributed by atoms with Crippen LogP contribution in [0, 0.1) is 24.4 Å². The summed E-state index contributed by atoms with van der Waals surface area (Å²) in [6, 6.07) is 3.58. The van der Waals surface area contributed by atoms with Crippen molar-refractivity contribution < 1.29 is 13.2 Å². The van der Waals surface area contributed by atoms with E-state index in [4.69, 9.17) is 0 Å².